The molecule has 0 fully saturated rings. The fourth-order valence-electron chi connectivity index (χ4n) is 1.98. The third kappa shape index (κ3) is 2.96. The first-order valence-corrected chi connectivity index (χ1v) is 6.73. The van der Waals surface area contributed by atoms with Gasteiger partial charge in [-0.05, 0) is 48.9 Å². The summed E-state index contributed by atoms with van der Waals surface area (Å²) in [4.78, 5) is 1.25. The van der Waals surface area contributed by atoms with E-state index in [-0.39, 0.29) is 6.10 Å². The summed E-state index contributed by atoms with van der Waals surface area (Å²) in [7, 11) is 0. The van der Waals surface area contributed by atoms with E-state index in [1.807, 2.05) is 5.38 Å². The first-order chi connectivity index (χ1) is 8.06. The van der Waals surface area contributed by atoms with Crippen molar-refractivity contribution in [1.29, 1.82) is 0 Å². The molecule has 1 aromatic carbocycles. The fraction of sp³-hybridized carbons (Fsp3) is 0.333. The van der Waals surface area contributed by atoms with Crippen LogP contribution in [-0.2, 0) is 6.42 Å². The Hall–Kier alpha value is -1.12. The summed E-state index contributed by atoms with van der Waals surface area (Å²) in [6.07, 6.45) is 0.310. The quantitative estimate of drug-likeness (QED) is 0.869. The highest BCUT2D eigenvalue weighted by Crippen LogP contribution is 2.24. The average molecular weight is 246 g/mol. The Morgan fingerprint density at radius 2 is 1.94 bits per heavy atom. The summed E-state index contributed by atoms with van der Waals surface area (Å²) in [6, 6.07) is 8.47. The number of benzene rings is 1. The van der Waals surface area contributed by atoms with Gasteiger partial charge < -0.3 is 5.11 Å². The minimum atomic E-state index is -0.388. The fourth-order valence-corrected chi connectivity index (χ4v) is 2.74. The van der Waals surface area contributed by atoms with Gasteiger partial charge in [0.1, 0.15) is 0 Å². The number of hydrogen-bond donors (Lipinski definition) is 1. The SMILES string of the molecule is Cc1ccc(C)c(CC(O)c2csc(C)c2)c1. The lowest BCUT2D eigenvalue weighted by molar-refractivity contribution is 0.178. The molecule has 2 aromatic rings. The van der Waals surface area contributed by atoms with Crippen molar-refractivity contribution < 1.29 is 5.11 Å². The molecule has 1 heterocycles. The zero-order chi connectivity index (χ0) is 12.4. The monoisotopic (exact) mass is 246 g/mol. The Morgan fingerprint density at radius 1 is 1.18 bits per heavy atom. The smallest absolute Gasteiger partial charge is 0.0838 e. The predicted octanol–water partition coefficient (Wildman–Crippen LogP) is 3.95. The number of aryl methyl sites for hydroxylation is 3. The molecule has 0 radical (unpaired) electrons. The van der Waals surface area contributed by atoms with Gasteiger partial charge in [0, 0.05) is 11.3 Å². The molecule has 0 saturated heterocycles. The van der Waals surface area contributed by atoms with Gasteiger partial charge in [-0.2, -0.15) is 0 Å². The molecule has 1 unspecified atom stereocenters. The third-order valence-corrected chi connectivity index (χ3v) is 3.93. The van der Waals surface area contributed by atoms with E-state index >= 15 is 0 Å². The molecule has 1 nitrogen and oxygen atoms in total. The van der Waals surface area contributed by atoms with E-state index in [4.69, 9.17) is 0 Å². The highest BCUT2D eigenvalue weighted by molar-refractivity contribution is 7.10. The van der Waals surface area contributed by atoms with Gasteiger partial charge in [-0.1, -0.05) is 23.8 Å². The molecule has 0 aliphatic heterocycles. The minimum Gasteiger partial charge on any atom is -0.388 e. The predicted molar refractivity (Wildman–Crippen MR) is 73.6 cm³/mol. The Kier molecular flexibility index (Phi) is 3.65. The van der Waals surface area contributed by atoms with E-state index in [0.29, 0.717) is 6.42 Å². The molecule has 0 aliphatic rings. The first-order valence-electron chi connectivity index (χ1n) is 5.85. The molecular formula is C15H18OS. The number of hydrogen-bond acceptors (Lipinski definition) is 2. The van der Waals surface area contributed by atoms with Crippen molar-refractivity contribution in [1.82, 2.24) is 0 Å². The maximum absolute atomic E-state index is 10.2. The molecule has 90 valence electrons. The third-order valence-electron chi connectivity index (χ3n) is 3.05. The molecule has 0 spiro atoms. The second-order valence-corrected chi connectivity index (χ2v) is 5.76. The zero-order valence-corrected chi connectivity index (χ0v) is 11.3. The number of thiophene rings is 1. The van der Waals surface area contributed by atoms with Crippen molar-refractivity contribution >= 4 is 11.3 Å². The number of aliphatic hydroxyl groups excluding tert-OH is 1. The van der Waals surface area contributed by atoms with Gasteiger partial charge in [0.05, 0.1) is 6.10 Å². The van der Waals surface area contributed by atoms with Crippen molar-refractivity contribution in [3.05, 3.63) is 56.8 Å². The van der Waals surface area contributed by atoms with Crippen LogP contribution in [0.1, 0.15) is 33.2 Å². The van der Waals surface area contributed by atoms with E-state index in [9.17, 15) is 5.11 Å². The lowest BCUT2D eigenvalue weighted by atomic mass is 9.98. The Morgan fingerprint density at radius 3 is 2.59 bits per heavy atom. The van der Waals surface area contributed by atoms with Crippen LogP contribution in [0.3, 0.4) is 0 Å². The van der Waals surface area contributed by atoms with Crippen LogP contribution in [0.25, 0.3) is 0 Å². The molecule has 1 aromatic heterocycles. The van der Waals surface area contributed by atoms with E-state index in [1.165, 1.54) is 21.6 Å². The Balaban J connectivity index is 2.18. The zero-order valence-electron chi connectivity index (χ0n) is 10.5. The molecule has 0 amide bonds. The van der Waals surface area contributed by atoms with Crippen LogP contribution in [-0.4, -0.2) is 5.11 Å². The van der Waals surface area contributed by atoms with E-state index in [1.54, 1.807) is 11.3 Å². The van der Waals surface area contributed by atoms with Crippen LogP contribution in [0.4, 0.5) is 0 Å². The van der Waals surface area contributed by atoms with Crippen LogP contribution in [0.2, 0.25) is 0 Å². The number of rotatable bonds is 3. The Labute approximate surface area is 107 Å². The molecule has 2 rings (SSSR count). The molecule has 0 bridgehead atoms. The van der Waals surface area contributed by atoms with Crippen LogP contribution in [0.15, 0.2) is 29.6 Å². The second-order valence-electron chi connectivity index (χ2n) is 4.64. The van der Waals surface area contributed by atoms with Gasteiger partial charge in [0.2, 0.25) is 0 Å². The lowest BCUT2D eigenvalue weighted by Gasteiger charge is -2.12. The van der Waals surface area contributed by atoms with Crippen LogP contribution < -0.4 is 0 Å². The van der Waals surface area contributed by atoms with Crippen LogP contribution >= 0.6 is 11.3 Å². The maximum atomic E-state index is 10.2. The summed E-state index contributed by atoms with van der Waals surface area (Å²) in [5.74, 6) is 0. The van der Waals surface area contributed by atoms with Gasteiger partial charge >= 0.3 is 0 Å². The van der Waals surface area contributed by atoms with E-state index in [2.05, 4.69) is 45.0 Å². The summed E-state index contributed by atoms with van der Waals surface area (Å²) in [5.41, 5.74) is 4.77. The maximum Gasteiger partial charge on any atom is 0.0838 e. The van der Waals surface area contributed by atoms with Crippen molar-refractivity contribution in [3.8, 4) is 0 Å². The summed E-state index contributed by atoms with van der Waals surface area (Å²) in [5, 5.41) is 12.3. The van der Waals surface area contributed by atoms with Gasteiger partial charge in [-0.3, -0.25) is 0 Å². The minimum absolute atomic E-state index is 0.388. The van der Waals surface area contributed by atoms with Crippen LogP contribution in [0, 0.1) is 20.8 Å². The van der Waals surface area contributed by atoms with Crippen molar-refractivity contribution in [2.24, 2.45) is 0 Å². The molecule has 0 aliphatic carbocycles. The summed E-state index contributed by atoms with van der Waals surface area (Å²) >= 11 is 1.69. The molecular weight excluding hydrogens is 228 g/mol. The van der Waals surface area contributed by atoms with Crippen molar-refractivity contribution in [3.63, 3.8) is 0 Å². The summed E-state index contributed by atoms with van der Waals surface area (Å²) < 4.78 is 0. The lowest BCUT2D eigenvalue weighted by Crippen LogP contribution is -2.02. The molecule has 1 N–H and O–H groups in total. The average Bonchev–Trinajstić information content (AvgIpc) is 2.70. The Bertz CT molecular complexity index is 513. The second kappa shape index (κ2) is 5.03. The highest BCUT2D eigenvalue weighted by atomic mass is 32.1. The standard InChI is InChI=1S/C15H18OS/c1-10-4-5-11(2)13(6-10)8-15(16)14-7-12(3)17-9-14/h4-7,9,15-16H,8H2,1-3H3. The van der Waals surface area contributed by atoms with Gasteiger partial charge in [0.15, 0.2) is 0 Å². The summed E-state index contributed by atoms with van der Waals surface area (Å²) in [6.45, 7) is 6.25. The highest BCUT2D eigenvalue weighted by Gasteiger charge is 2.11. The van der Waals surface area contributed by atoms with Crippen LogP contribution in [0.5, 0.6) is 0 Å². The van der Waals surface area contributed by atoms with E-state index < -0.39 is 0 Å². The topological polar surface area (TPSA) is 20.2 Å². The van der Waals surface area contributed by atoms with Crippen molar-refractivity contribution in [2.45, 2.75) is 33.3 Å². The molecule has 2 heteroatoms. The van der Waals surface area contributed by atoms with Gasteiger partial charge in [0.25, 0.3) is 0 Å². The largest absolute Gasteiger partial charge is 0.388 e. The van der Waals surface area contributed by atoms with Crippen molar-refractivity contribution in [2.75, 3.05) is 0 Å². The van der Waals surface area contributed by atoms with Gasteiger partial charge in [-0.25, -0.2) is 0 Å². The first kappa shape index (κ1) is 12.3. The van der Waals surface area contributed by atoms with E-state index in [0.717, 1.165) is 5.56 Å². The normalized spacial score (nSPS) is 12.7. The molecule has 0 saturated carbocycles. The van der Waals surface area contributed by atoms with Gasteiger partial charge in [-0.15, -0.1) is 11.3 Å². The number of aliphatic hydroxyl groups is 1. The molecule has 17 heavy (non-hydrogen) atoms. The molecule has 1 atom stereocenters.